The summed E-state index contributed by atoms with van der Waals surface area (Å²) in [4.78, 5) is 0. The van der Waals surface area contributed by atoms with Gasteiger partial charge >= 0.3 is 99.0 Å². The van der Waals surface area contributed by atoms with Crippen molar-refractivity contribution < 1.29 is 10.4 Å². The summed E-state index contributed by atoms with van der Waals surface area (Å²) in [5, 5.41) is 14.4. The van der Waals surface area contributed by atoms with E-state index >= 15 is 0 Å². The van der Waals surface area contributed by atoms with E-state index in [1.165, 1.54) is 16.7 Å². The van der Waals surface area contributed by atoms with Crippen molar-refractivity contribution >= 4 is 0 Å². The molecule has 1 aliphatic rings. The van der Waals surface area contributed by atoms with Gasteiger partial charge in [-0.15, -0.1) is 0 Å². The van der Waals surface area contributed by atoms with Gasteiger partial charge in [0.2, 0.25) is 0 Å². The van der Waals surface area contributed by atoms with Gasteiger partial charge in [-0.05, 0) is 0 Å². The Balaban J connectivity index is 3.77. The topological polar surface area (TPSA) is 26.0 Å². The standard InChI is InChI=1S/C5H5.C4H9.6CH3.H2N.Ti/c1-2-4-5-3-1;1-3-4-2;;;;;;;;/h1-3H,4H2;1,3-4H2,2H3;6*1H3;1H2;/q;;;;;;;;-1;+1. The normalized spacial score (nSPS) is 28.9. The minimum atomic E-state index is -4.92. The number of unbranched alkanes of at least 4 members (excludes halogenated alkanes) is 1. The molecule has 103 valence electrons. The molecule has 1 rings (SSSR count). The van der Waals surface area contributed by atoms with E-state index in [9.17, 15) is 0 Å². The van der Waals surface area contributed by atoms with Crippen LogP contribution in [0.15, 0.2) is 22.1 Å². The Labute approximate surface area is 98.8 Å². The van der Waals surface area contributed by atoms with Crippen molar-refractivity contribution in [2.45, 2.75) is 62.3 Å². The minimum absolute atomic E-state index is 1.01. The van der Waals surface area contributed by atoms with Crippen molar-refractivity contribution in [3.8, 4) is 0 Å². The summed E-state index contributed by atoms with van der Waals surface area (Å²) in [5.74, 6) is 0. The third-order valence-electron chi connectivity index (χ3n) is 5.41. The Kier molecular flexibility index (Phi) is 1.56. The molecule has 0 fully saturated rings. The van der Waals surface area contributed by atoms with E-state index in [0.717, 1.165) is 11.1 Å². The number of hydrogen-bond acceptors (Lipinski definition) is 1. The van der Waals surface area contributed by atoms with Gasteiger partial charge in [-0.2, -0.15) is 0 Å². The molecule has 0 unspecified atom stereocenters. The zero-order valence-electron chi connectivity index (χ0n) is 13.1. The molecule has 0 aromatic rings. The first-order valence-electron chi connectivity index (χ1n) is 7.32. The molecule has 2 N–H and O–H groups in total. The first-order chi connectivity index (χ1) is 6.79. The molecular formula is C15H34NTi. The predicted octanol–water partition coefficient (Wildman–Crippen LogP) is 6.04. The van der Waals surface area contributed by atoms with E-state index in [-0.39, 0.29) is 0 Å². The fourth-order valence-corrected chi connectivity index (χ4v) is 12.9. The average Bonchev–Trinajstić information content (AvgIpc) is 2.50. The summed E-state index contributed by atoms with van der Waals surface area (Å²) in [7, 11) is -4.92. The van der Waals surface area contributed by atoms with E-state index in [2.05, 4.69) is 56.5 Å². The molecule has 1 nitrogen and oxygen atoms in total. The number of rotatable bonds is 4. The second-order valence-corrected chi connectivity index (χ2v) is 59.4. The van der Waals surface area contributed by atoms with Gasteiger partial charge < -0.3 is 0 Å². The molecule has 0 spiro atoms. The summed E-state index contributed by atoms with van der Waals surface area (Å²) < 4.78 is 10.1. The van der Waals surface area contributed by atoms with E-state index in [1.807, 2.05) is 0 Å². The van der Waals surface area contributed by atoms with Crippen LogP contribution < -0.4 is 4.22 Å². The zero-order chi connectivity index (χ0) is 13.9. The fourth-order valence-electron chi connectivity index (χ4n) is 3.39. The van der Waals surface area contributed by atoms with Gasteiger partial charge in [-0.25, -0.2) is 0 Å². The Morgan fingerprint density at radius 3 is 2.00 bits per heavy atom. The molecule has 0 atom stereocenters. The predicted molar refractivity (Wildman–Crippen MR) is 80.9 cm³/mol. The molecule has 0 saturated heterocycles. The Morgan fingerprint density at radius 2 is 1.65 bits per heavy atom. The van der Waals surface area contributed by atoms with E-state index in [1.54, 1.807) is 0 Å². The maximum atomic E-state index is 7.57. The Hall–Kier alpha value is 0.154. The number of nitrogens with two attached hydrogens (primary N) is 1. The summed E-state index contributed by atoms with van der Waals surface area (Å²) in [6, 6.07) is 0. The molecule has 0 bridgehead atoms. The van der Waals surface area contributed by atoms with Crippen LogP contribution in [0.25, 0.3) is 0 Å². The van der Waals surface area contributed by atoms with Crippen molar-refractivity contribution in [2.24, 2.45) is 4.22 Å². The zero-order valence-corrected chi connectivity index (χ0v) is 14.7. The first kappa shape index (κ1) is 15.2. The Morgan fingerprint density at radius 1 is 1.12 bits per heavy atom. The third-order valence-corrected chi connectivity index (χ3v) is 19.4. The molecule has 0 aliphatic heterocycles. The van der Waals surface area contributed by atoms with Crippen LogP contribution >= 0.6 is 0 Å². The fraction of sp³-hybridized carbons (Fsp3) is 0.733. The maximum absolute atomic E-state index is 7.57. The van der Waals surface area contributed by atoms with Gasteiger partial charge in [0.1, 0.15) is 0 Å². The van der Waals surface area contributed by atoms with Crippen LogP contribution in [0, 0.1) is 0 Å². The second-order valence-electron chi connectivity index (χ2n) is 15.8. The Bertz CT molecular complexity index is 477. The van der Waals surface area contributed by atoms with Crippen molar-refractivity contribution in [3.63, 3.8) is 0 Å². The van der Waals surface area contributed by atoms with Crippen molar-refractivity contribution in [3.05, 3.63) is 22.1 Å². The molecule has 0 saturated carbocycles. The van der Waals surface area contributed by atoms with Crippen LogP contribution in [0.4, 0.5) is 0 Å². The van der Waals surface area contributed by atoms with Crippen LogP contribution in [0.1, 0.15) is 26.2 Å². The summed E-state index contributed by atoms with van der Waals surface area (Å²) in [6.45, 7) is 2.25. The van der Waals surface area contributed by atoms with Gasteiger partial charge in [0.15, 0.2) is 0 Å². The molecule has 0 aromatic heterocycles. The van der Waals surface area contributed by atoms with Crippen molar-refractivity contribution in [1.82, 2.24) is 0 Å². The summed E-state index contributed by atoms with van der Waals surface area (Å²) in [5.41, 5.74) is 0. The third kappa shape index (κ3) is 2.94. The first-order valence-corrected chi connectivity index (χ1v) is 19.5. The van der Waals surface area contributed by atoms with Gasteiger partial charge in [0.25, 0.3) is 0 Å². The van der Waals surface area contributed by atoms with E-state index in [0.29, 0.717) is 0 Å². The SMILES string of the molecule is CCC[CH2][Ti]([CH3])([CH3])([CH3])([CH3])([CH3])([CH3])([NH2])[C]1=CC=CC1. The molecule has 17 heavy (non-hydrogen) atoms. The van der Waals surface area contributed by atoms with Crippen molar-refractivity contribution in [2.75, 3.05) is 0 Å². The molecule has 1 aliphatic carbocycles. The second kappa shape index (κ2) is 1.74. The quantitative estimate of drug-likeness (QED) is 0.622. The van der Waals surface area contributed by atoms with Crippen LogP contribution in [0.5, 0.6) is 0 Å². The number of hydrogen-bond donors (Lipinski definition) is 1. The van der Waals surface area contributed by atoms with Gasteiger partial charge in [-0.3, -0.25) is 0 Å². The average molecular weight is 276 g/mol. The van der Waals surface area contributed by atoms with Gasteiger partial charge in [0.05, 0.1) is 0 Å². The van der Waals surface area contributed by atoms with Gasteiger partial charge in [-0.1, -0.05) is 0 Å². The monoisotopic (exact) mass is 276 g/mol. The van der Waals surface area contributed by atoms with E-state index < -0.39 is 10.4 Å². The molecule has 2 heteroatoms. The molecule has 0 aromatic carbocycles. The molecule has 0 amide bonds. The summed E-state index contributed by atoms with van der Waals surface area (Å²) >= 11 is 0. The molecular weight excluding hydrogens is 242 g/mol. The van der Waals surface area contributed by atoms with Gasteiger partial charge in [0, 0.05) is 0 Å². The number of allylic oxidation sites excluding steroid dienone is 4. The van der Waals surface area contributed by atoms with Crippen molar-refractivity contribution in [1.29, 1.82) is 0 Å². The summed E-state index contributed by atoms with van der Waals surface area (Å²) in [6.07, 6.45) is 10.1. The van der Waals surface area contributed by atoms with Crippen LogP contribution in [-0.4, -0.2) is 0 Å². The van der Waals surface area contributed by atoms with Crippen LogP contribution in [-0.2, 0) is 10.4 Å². The van der Waals surface area contributed by atoms with Crippen LogP contribution in [0.3, 0.4) is 0 Å². The van der Waals surface area contributed by atoms with Crippen LogP contribution in [0.2, 0.25) is 36.1 Å². The molecule has 0 heterocycles. The van der Waals surface area contributed by atoms with E-state index in [4.69, 9.17) is 4.22 Å². The molecule has 0 radical (unpaired) electrons.